The smallest absolute Gasteiger partial charge is 0.269 e. The summed E-state index contributed by atoms with van der Waals surface area (Å²) in [6.07, 6.45) is 6.77. The monoisotopic (exact) mass is 323 g/mol. The Morgan fingerprint density at radius 2 is 2.25 bits per heavy atom. The molecule has 4 rings (SSSR count). The minimum atomic E-state index is -0.358. The van der Waals surface area contributed by atoms with E-state index in [1.165, 1.54) is 11.6 Å². The minimum absolute atomic E-state index is 0.0137. The highest BCUT2D eigenvalue weighted by molar-refractivity contribution is 6.06. The highest BCUT2D eigenvalue weighted by Crippen LogP contribution is 2.39. The van der Waals surface area contributed by atoms with Crippen LogP contribution in [0.25, 0.3) is 6.08 Å². The number of fused-ring (bicyclic) bond motifs is 1. The van der Waals surface area contributed by atoms with Crippen LogP contribution in [0.1, 0.15) is 36.6 Å². The summed E-state index contributed by atoms with van der Waals surface area (Å²) in [6.45, 7) is 0. The normalized spacial score (nSPS) is 24.3. The molecular weight excluding hydrogens is 306 g/mol. The van der Waals surface area contributed by atoms with E-state index in [1.54, 1.807) is 18.4 Å². The third kappa shape index (κ3) is 2.60. The van der Waals surface area contributed by atoms with Crippen molar-refractivity contribution in [1.82, 2.24) is 5.43 Å². The first-order valence-electron chi connectivity index (χ1n) is 8.04. The number of nitro groups is 1. The SMILES string of the molecule is O=[N+]([O-])c1cccc(C2NN=C3/C(=C/c4ccco4)CCCC32)c1. The fourth-order valence-corrected chi connectivity index (χ4v) is 3.55. The summed E-state index contributed by atoms with van der Waals surface area (Å²) in [7, 11) is 0. The van der Waals surface area contributed by atoms with E-state index in [1.807, 2.05) is 24.3 Å². The summed E-state index contributed by atoms with van der Waals surface area (Å²) in [4.78, 5) is 10.7. The summed E-state index contributed by atoms with van der Waals surface area (Å²) in [6, 6.07) is 10.6. The zero-order valence-corrected chi connectivity index (χ0v) is 13.0. The van der Waals surface area contributed by atoms with Crippen molar-refractivity contribution < 1.29 is 9.34 Å². The lowest BCUT2D eigenvalue weighted by atomic mass is 9.78. The second-order valence-corrected chi connectivity index (χ2v) is 6.14. The molecule has 2 atom stereocenters. The molecule has 2 aliphatic rings. The molecule has 24 heavy (non-hydrogen) atoms. The van der Waals surface area contributed by atoms with Crippen LogP contribution < -0.4 is 5.43 Å². The van der Waals surface area contributed by atoms with E-state index < -0.39 is 0 Å². The average Bonchev–Trinajstić information content (AvgIpc) is 3.25. The van der Waals surface area contributed by atoms with Gasteiger partial charge in [-0.25, -0.2) is 0 Å². The van der Waals surface area contributed by atoms with Gasteiger partial charge >= 0.3 is 0 Å². The predicted octanol–water partition coefficient (Wildman–Crippen LogP) is 4.07. The summed E-state index contributed by atoms with van der Waals surface area (Å²) in [5.41, 5.74) is 6.44. The van der Waals surface area contributed by atoms with E-state index in [0.717, 1.165) is 36.3 Å². The molecule has 0 spiro atoms. The van der Waals surface area contributed by atoms with Crippen LogP contribution in [0, 0.1) is 16.0 Å². The molecule has 6 heteroatoms. The molecule has 1 N–H and O–H groups in total. The largest absolute Gasteiger partial charge is 0.465 e. The van der Waals surface area contributed by atoms with Crippen molar-refractivity contribution in [3.63, 3.8) is 0 Å². The molecule has 122 valence electrons. The van der Waals surface area contributed by atoms with Crippen LogP contribution in [0.4, 0.5) is 5.69 Å². The van der Waals surface area contributed by atoms with Crippen LogP contribution in [0.2, 0.25) is 0 Å². The van der Waals surface area contributed by atoms with Gasteiger partial charge in [-0.3, -0.25) is 10.1 Å². The van der Waals surface area contributed by atoms with Crippen LogP contribution >= 0.6 is 0 Å². The zero-order valence-electron chi connectivity index (χ0n) is 13.0. The molecule has 0 radical (unpaired) electrons. The third-order valence-electron chi connectivity index (χ3n) is 4.67. The number of non-ortho nitro benzene ring substituents is 1. The summed E-state index contributed by atoms with van der Waals surface area (Å²) < 4.78 is 5.41. The van der Waals surface area contributed by atoms with Crippen molar-refractivity contribution in [1.29, 1.82) is 0 Å². The van der Waals surface area contributed by atoms with Crippen molar-refractivity contribution in [2.75, 3.05) is 0 Å². The van der Waals surface area contributed by atoms with Gasteiger partial charge in [-0.2, -0.15) is 5.10 Å². The Bertz CT molecular complexity index is 824. The second kappa shape index (κ2) is 5.96. The fourth-order valence-electron chi connectivity index (χ4n) is 3.55. The molecule has 0 amide bonds. The van der Waals surface area contributed by atoms with Crippen LogP contribution in [-0.4, -0.2) is 10.6 Å². The molecule has 2 heterocycles. The highest BCUT2D eigenvalue weighted by atomic mass is 16.6. The number of hydrazone groups is 1. The number of nitrogens with zero attached hydrogens (tertiary/aromatic N) is 2. The van der Waals surface area contributed by atoms with E-state index in [9.17, 15) is 10.1 Å². The van der Waals surface area contributed by atoms with Crippen molar-refractivity contribution in [3.8, 4) is 0 Å². The topological polar surface area (TPSA) is 80.7 Å². The molecule has 2 aromatic rings. The van der Waals surface area contributed by atoms with Gasteiger partial charge in [0.15, 0.2) is 0 Å². The van der Waals surface area contributed by atoms with Crippen molar-refractivity contribution in [2.45, 2.75) is 25.3 Å². The Morgan fingerprint density at radius 3 is 3.04 bits per heavy atom. The van der Waals surface area contributed by atoms with Crippen molar-refractivity contribution >= 4 is 17.5 Å². The lowest BCUT2D eigenvalue weighted by molar-refractivity contribution is -0.384. The Hall–Kier alpha value is -2.89. The Labute approximate surface area is 139 Å². The molecule has 2 unspecified atom stereocenters. The molecule has 1 aromatic carbocycles. The summed E-state index contributed by atoms with van der Waals surface area (Å²) in [5.74, 6) is 1.06. The Balaban J connectivity index is 1.62. The first-order chi connectivity index (χ1) is 11.7. The number of hydrogen-bond acceptors (Lipinski definition) is 5. The maximum atomic E-state index is 11.0. The quantitative estimate of drug-likeness (QED) is 0.682. The third-order valence-corrected chi connectivity index (χ3v) is 4.67. The molecule has 6 nitrogen and oxygen atoms in total. The van der Waals surface area contributed by atoms with Gasteiger partial charge < -0.3 is 9.84 Å². The zero-order chi connectivity index (χ0) is 16.5. The fraction of sp³-hybridized carbons (Fsp3) is 0.278. The number of nitro benzene ring substituents is 1. The lowest BCUT2D eigenvalue weighted by Gasteiger charge is -2.26. The first-order valence-corrected chi connectivity index (χ1v) is 8.04. The van der Waals surface area contributed by atoms with E-state index in [2.05, 4.69) is 10.5 Å². The number of hydrogen-bond donors (Lipinski definition) is 1. The van der Waals surface area contributed by atoms with E-state index in [4.69, 9.17) is 4.42 Å². The predicted molar refractivity (Wildman–Crippen MR) is 90.4 cm³/mol. The van der Waals surface area contributed by atoms with Crippen LogP contribution in [0.3, 0.4) is 0 Å². The van der Waals surface area contributed by atoms with Crippen LogP contribution in [-0.2, 0) is 0 Å². The average molecular weight is 323 g/mol. The second-order valence-electron chi connectivity index (χ2n) is 6.14. The van der Waals surface area contributed by atoms with Gasteiger partial charge in [-0.15, -0.1) is 0 Å². The Kier molecular flexibility index (Phi) is 3.65. The standard InChI is InChI=1S/C18H17N3O3/c22-21(23)14-6-1-4-12(10-14)17-16-8-2-5-13(18(16)20-19-17)11-15-7-3-9-24-15/h1,3-4,6-7,9-11,16-17,19H,2,5,8H2/b13-11+. The van der Waals surface area contributed by atoms with Gasteiger partial charge in [0.05, 0.1) is 22.9 Å². The van der Waals surface area contributed by atoms with Crippen LogP contribution in [0.15, 0.2) is 57.8 Å². The number of nitrogens with one attached hydrogen (secondary N) is 1. The van der Waals surface area contributed by atoms with E-state index in [-0.39, 0.29) is 22.6 Å². The van der Waals surface area contributed by atoms with Gasteiger partial charge in [0.1, 0.15) is 5.76 Å². The molecule has 0 bridgehead atoms. The van der Waals surface area contributed by atoms with Crippen LogP contribution in [0.5, 0.6) is 0 Å². The number of allylic oxidation sites excluding steroid dienone is 1. The summed E-state index contributed by atoms with van der Waals surface area (Å²) >= 11 is 0. The van der Waals surface area contributed by atoms with Gasteiger partial charge in [-0.05, 0) is 48.6 Å². The molecule has 1 saturated carbocycles. The first kappa shape index (κ1) is 14.7. The molecular formula is C18H17N3O3. The van der Waals surface area contributed by atoms with Crippen molar-refractivity contribution in [3.05, 3.63) is 69.7 Å². The molecule has 1 aliphatic heterocycles. The summed E-state index contributed by atoms with van der Waals surface area (Å²) in [5, 5.41) is 15.6. The van der Waals surface area contributed by atoms with Gasteiger partial charge in [0.25, 0.3) is 5.69 Å². The molecule has 0 saturated heterocycles. The number of furan rings is 1. The molecule has 1 aliphatic carbocycles. The van der Waals surface area contributed by atoms with Gasteiger partial charge in [0.2, 0.25) is 0 Å². The maximum Gasteiger partial charge on any atom is 0.269 e. The Morgan fingerprint density at radius 1 is 1.33 bits per heavy atom. The van der Waals surface area contributed by atoms with E-state index >= 15 is 0 Å². The van der Waals surface area contributed by atoms with Gasteiger partial charge in [0, 0.05) is 18.1 Å². The van der Waals surface area contributed by atoms with Crippen molar-refractivity contribution in [2.24, 2.45) is 11.0 Å². The number of benzene rings is 1. The molecule has 1 aromatic heterocycles. The molecule has 1 fully saturated rings. The van der Waals surface area contributed by atoms with Gasteiger partial charge in [-0.1, -0.05) is 12.1 Å². The minimum Gasteiger partial charge on any atom is -0.465 e. The maximum absolute atomic E-state index is 11.0. The van der Waals surface area contributed by atoms with E-state index in [0.29, 0.717) is 0 Å². The highest BCUT2D eigenvalue weighted by Gasteiger charge is 2.37. The lowest BCUT2D eigenvalue weighted by Crippen LogP contribution is -2.25. The number of rotatable bonds is 3.